The summed E-state index contributed by atoms with van der Waals surface area (Å²) in [5.74, 6) is -0.173. The number of hydrogen-bond acceptors (Lipinski definition) is 2. The quantitative estimate of drug-likeness (QED) is 0.505. The van der Waals surface area contributed by atoms with E-state index in [2.05, 4.69) is 26.8 Å². The molecule has 92 valence electrons. The standard InChI is InChI=1S/C14H24O2/c1-11(2)7-6-8-13(5)9-10-16-14(15)12(3)4/h7,9,12H,6,8,10H2,1-5H3/b13-9+. The number of hydrogen-bond donors (Lipinski definition) is 0. The summed E-state index contributed by atoms with van der Waals surface area (Å²) in [5.41, 5.74) is 2.62. The fourth-order valence-corrected chi connectivity index (χ4v) is 1.12. The molecule has 0 aliphatic heterocycles. The molecule has 0 atom stereocenters. The Morgan fingerprint density at radius 3 is 2.31 bits per heavy atom. The highest BCUT2D eigenvalue weighted by Crippen LogP contribution is 2.06. The minimum absolute atomic E-state index is 0.0422. The Hall–Kier alpha value is -1.05. The highest BCUT2D eigenvalue weighted by molar-refractivity contribution is 5.71. The average Bonchev–Trinajstić information content (AvgIpc) is 2.16. The lowest BCUT2D eigenvalue weighted by Crippen LogP contribution is -2.11. The van der Waals surface area contributed by atoms with E-state index in [-0.39, 0.29) is 11.9 Å². The normalized spacial score (nSPS) is 11.5. The Morgan fingerprint density at radius 1 is 1.19 bits per heavy atom. The van der Waals surface area contributed by atoms with Gasteiger partial charge in [0.05, 0.1) is 5.92 Å². The first-order valence-corrected chi connectivity index (χ1v) is 5.89. The third-order valence-corrected chi connectivity index (χ3v) is 2.22. The van der Waals surface area contributed by atoms with Crippen molar-refractivity contribution < 1.29 is 9.53 Å². The first-order valence-electron chi connectivity index (χ1n) is 5.89. The molecular formula is C14H24O2. The molecule has 0 fully saturated rings. The number of ether oxygens (including phenoxy) is 1. The molecule has 0 aliphatic rings. The van der Waals surface area contributed by atoms with E-state index >= 15 is 0 Å². The van der Waals surface area contributed by atoms with Crippen LogP contribution in [0.4, 0.5) is 0 Å². The smallest absolute Gasteiger partial charge is 0.308 e. The number of carbonyl (C=O) groups is 1. The van der Waals surface area contributed by atoms with Gasteiger partial charge in [0.2, 0.25) is 0 Å². The third-order valence-electron chi connectivity index (χ3n) is 2.22. The maximum absolute atomic E-state index is 11.2. The van der Waals surface area contributed by atoms with Crippen LogP contribution in [0.25, 0.3) is 0 Å². The van der Waals surface area contributed by atoms with Crippen LogP contribution in [0.3, 0.4) is 0 Å². The van der Waals surface area contributed by atoms with Crippen molar-refractivity contribution in [3.8, 4) is 0 Å². The maximum atomic E-state index is 11.2. The Balaban J connectivity index is 3.79. The van der Waals surface area contributed by atoms with Crippen molar-refractivity contribution >= 4 is 5.97 Å². The Labute approximate surface area is 99.4 Å². The molecule has 0 unspecified atom stereocenters. The predicted molar refractivity (Wildman–Crippen MR) is 68.2 cm³/mol. The molecular weight excluding hydrogens is 200 g/mol. The number of carbonyl (C=O) groups excluding carboxylic acids is 1. The molecule has 0 spiro atoms. The lowest BCUT2D eigenvalue weighted by atomic mass is 10.1. The Morgan fingerprint density at radius 2 is 1.81 bits per heavy atom. The van der Waals surface area contributed by atoms with Crippen molar-refractivity contribution in [2.24, 2.45) is 5.92 Å². The van der Waals surface area contributed by atoms with Crippen molar-refractivity contribution in [2.75, 3.05) is 6.61 Å². The average molecular weight is 224 g/mol. The molecule has 0 aromatic heterocycles. The van der Waals surface area contributed by atoms with Crippen LogP contribution in [0.2, 0.25) is 0 Å². The molecule has 0 saturated carbocycles. The molecule has 0 N–H and O–H groups in total. The Kier molecular flexibility index (Phi) is 7.61. The fourth-order valence-electron chi connectivity index (χ4n) is 1.12. The zero-order valence-electron chi connectivity index (χ0n) is 11.2. The second kappa shape index (κ2) is 8.14. The van der Waals surface area contributed by atoms with Crippen LogP contribution in [0.15, 0.2) is 23.3 Å². The van der Waals surface area contributed by atoms with Crippen molar-refractivity contribution in [2.45, 2.75) is 47.5 Å². The molecule has 0 aliphatic carbocycles. The molecule has 0 amide bonds. The van der Waals surface area contributed by atoms with Gasteiger partial charge in [-0.2, -0.15) is 0 Å². The highest BCUT2D eigenvalue weighted by atomic mass is 16.5. The van der Waals surface area contributed by atoms with Crippen LogP contribution in [0.5, 0.6) is 0 Å². The van der Waals surface area contributed by atoms with E-state index in [0.717, 1.165) is 12.8 Å². The fraction of sp³-hybridized carbons (Fsp3) is 0.643. The van der Waals surface area contributed by atoms with Gasteiger partial charge in [-0.3, -0.25) is 4.79 Å². The minimum atomic E-state index is -0.131. The van der Waals surface area contributed by atoms with Crippen LogP contribution >= 0.6 is 0 Å². The molecule has 0 aromatic rings. The van der Waals surface area contributed by atoms with Crippen molar-refractivity contribution in [1.29, 1.82) is 0 Å². The maximum Gasteiger partial charge on any atom is 0.308 e. The Bertz CT molecular complexity index is 268. The molecule has 0 aromatic carbocycles. The van der Waals surface area contributed by atoms with E-state index in [1.165, 1.54) is 11.1 Å². The molecule has 0 radical (unpaired) electrons. The molecule has 16 heavy (non-hydrogen) atoms. The zero-order chi connectivity index (χ0) is 12.6. The van der Waals surface area contributed by atoms with Crippen LogP contribution in [-0.2, 0) is 9.53 Å². The first-order chi connectivity index (χ1) is 7.43. The third kappa shape index (κ3) is 8.27. The van der Waals surface area contributed by atoms with Gasteiger partial charge in [0.15, 0.2) is 0 Å². The van der Waals surface area contributed by atoms with Gasteiger partial charge in [0, 0.05) is 0 Å². The topological polar surface area (TPSA) is 26.3 Å². The van der Waals surface area contributed by atoms with Crippen molar-refractivity contribution in [3.05, 3.63) is 23.3 Å². The molecule has 2 nitrogen and oxygen atoms in total. The monoisotopic (exact) mass is 224 g/mol. The summed E-state index contributed by atoms with van der Waals surface area (Å²) in [7, 11) is 0. The van der Waals surface area contributed by atoms with E-state index in [9.17, 15) is 4.79 Å². The summed E-state index contributed by atoms with van der Waals surface area (Å²) >= 11 is 0. The minimum Gasteiger partial charge on any atom is -0.461 e. The summed E-state index contributed by atoms with van der Waals surface area (Å²) < 4.78 is 5.07. The molecule has 0 heterocycles. The molecule has 2 heteroatoms. The van der Waals surface area contributed by atoms with Crippen LogP contribution in [0.1, 0.15) is 47.5 Å². The van der Waals surface area contributed by atoms with Gasteiger partial charge in [-0.25, -0.2) is 0 Å². The summed E-state index contributed by atoms with van der Waals surface area (Å²) in [6.45, 7) is 10.4. The SMILES string of the molecule is CC(C)=CCC/C(C)=C/COC(=O)C(C)C. The largest absolute Gasteiger partial charge is 0.461 e. The van der Waals surface area contributed by atoms with Gasteiger partial charge in [-0.15, -0.1) is 0 Å². The van der Waals surface area contributed by atoms with E-state index in [1.54, 1.807) is 0 Å². The molecule has 0 saturated heterocycles. The van der Waals surface area contributed by atoms with Crippen molar-refractivity contribution in [3.63, 3.8) is 0 Å². The number of rotatable bonds is 6. The van der Waals surface area contributed by atoms with Gasteiger partial charge < -0.3 is 4.74 Å². The second-order valence-corrected chi connectivity index (χ2v) is 4.66. The summed E-state index contributed by atoms with van der Waals surface area (Å²) in [6, 6.07) is 0. The molecule has 0 rings (SSSR count). The van der Waals surface area contributed by atoms with Crippen LogP contribution in [-0.4, -0.2) is 12.6 Å². The lowest BCUT2D eigenvalue weighted by molar-refractivity contribution is -0.146. The van der Waals surface area contributed by atoms with Gasteiger partial charge >= 0.3 is 5.97 Å². The number of allylic oxidation sites excluding steroid dienone is 3. The van der Waals surface area contributed by atoms with Gasteiger partial charge in [0.25, 0.3) is 0 Å². The van der Waals surface area contributed by atoms with Crippen LogP contribution < -0.4 is 0 Å². The zero-order valence-corrected chi connectivity index (χ0v) is 11.2. The van der Waals surface area contributed by atoms with Gasteiger partial charge in [-0.1, -0.05) is 31.1 Å². The van der Waals surface area contributed by atoms with E-state index in [1.807, 2.05) is 19.9 Å². The predicted octanol–water partition coefficient (Wildman–Crippen LogP) is 3.88. The summed E-state index contributed by atoms with van der Waals surface area (Å²) in [4.78, 5) is 11.2. The van der Waals surface area contributed by atoms with Crippen LogP contribution in [0, 0.1) is 5.92 Å². The van der Waals surface area contributed by atoms with E-state index in [4.69, 9.17) is 4.74 Å². The van der Waals surface area contributed by atoms with Crippen molar-refractivity contribution in [1.82, 2.24) is 0 Å². The van der Waals surface area contributed by atoms with E-state index in [0.29, 0.717) is 6.61 Å². The number of esters is 1. The summed E-state index contributed by atoms with van der Waals surface area (Å²) in [6.07, 6.45) is 6.30. The first kappa shape index (κ1) is 14.9. The summed E-state index contributed by atoms with van der Waals surface area (Å²) in [5, 5.41) is 0. The highest BCUT2D eigenvalue weighted by Gasteiger charge is 2.06. The van der Waals surface area contributed by atoms with Gasteiger partial charge in [-0.05, 0) is 39.7 Å². The second-order valence-electron chi connectivity index (χ2n) is 4.66. The van der Waals surface area contributed by atoms with E-state index < -0.39 is 0 Å². The molecule has 0 bridgehead atoms. The lowest BCUT2D eigenvalue weighted by Gasteiger charge is -2.05. The van der Waals surface area contributed by atoms with Gasteiger partial charge in [0.1, 0.15) is 6.61 Å².